The number of nitrogens with zero attached hydrogens (tertiary/aromatic N) is 2. The van der Waals surface area contributed by atoms with Crippen molar-refractivity contribution in [2.24, 2.45) is 0 Å². The van der Waals surface area contributed by atoms with E-state index in [0.29, 0.717) is 5.69 Å². The van der Waals surface area contributed by atoms with Gasteiger partial charge < -0.3 is 10.2 Å². The molecule has 9 heteroatoms. The SMILES string of the molecule is CNC(=O)C(Cc1ccccc1)N(Cc1cccc(C)c1)C(=O)CN(c1ccc(C)cc1)S(=O)(=O)c1ccc(SC)cc1. The number of nitrogens with one attached hydrogen (secondary N) is 1. The molecule has 43 heavy (non-hydrogen) atoms. The summed E-state index contributed by atoms with van der Waals surface area (Å²) in [5.74, 6) is -0.821. The molecular weight excluding hydrogens is 579 g/mol. The summed E-state index contributed by atoms with van der Waals surface area (Å²) in [5.41, 5.74) is 4.06. The summed E-state index contributed by atoms with van der Waals surface area (Å²) in [6.45, 7) is 3.53. The lowest BCUT2D eigenvalue weighted by atomic mass is 10.0. The van der Waals surface area contributed by atoms with E-state index < -0.39 is 28.5 Å². The lowest BCUT2D eigenvalue weighted by Gasteiger charge is -2.33. The smallest absolute Gasteiger partial charge is 0.264 e. The molecule has 0 aliphatic rings. The summed E-state index contributed by atoms with van der Waals surface area (Å²) in [6.07, 6.45) is 2.19. The van der Waals surface area contributed by atoms with Gasteiger partial charge in [0.25, 0.3) is 10.0 Å². The molecule has 0 aromatic heterocycles. The molecule has 2 amide bonds. The van der Waals surface area contributed by atoms with E-state index in [1.807, 2.05) is 86.8 Å². The fourth-order valence-corrected chi connectivity index (χ4v) is 6.66. The van der Waals surface area contributed by atoms with E-state index in [-0.39, 0.29) is 23.8 Å². The first kappa shape index (κ1) is 31.8. The molecule has 0 spiro atoms. The summed E-state index contributed by atoms with van der Waals surface area (Å²) >= 11 is 1.51. The van der Waals surface area contributed by atoms with Crippen LogP contribution in [0.3, 0.4) is 0 Å². The number of carbonyl (C=O) groups is 2. The van der Waals surface area contributed by atoms with E-state index >= 15 is 0 Å². The molecule has 0 fully saturated rings. The Morgan fingerprint density at radius 1 is 0.814 bits per heavy atom. The maximum Gasteiger partial charge on any atom is 0.264 e. The second-order valence-corrected chi connectivity index (χ2v) is 13.1. The van der Waals surface area contributed by atoms with Gasteiger partial charge in [-0.3, -0.25) is 13.9 Å². The molecule has 4 aromatic rings. The normalized spacial score (nSPS) is 11.9. The van der Waals surface area contributed by atoms with Crippen molar-refractivity contribution in [3.8, 4) is 0 Å². The maximum absolute atomic E-state index is 14.4. The van der Waals surface area contributed by atoms with Crippen LogP contribution in [0.25, 0.3) is 0 Å². The first-order valence-corrected chi connectivity index (χ1v) is 16.6. The van der Waals surface area contributed by atoms with Crippen molar-refractivity contribution in [3.63, 3.8) is 0 Å². The number of anilines is 1. The van der Waals surface area contributed by atoms with Gasteiger partial charge in [0.15, 0.2) is 0 Å². The molecule has 4 rings (SSSR count). The predicted octanol–water partition coefficient (Wildman–Crippen LogP) is 5.61. The first-order valence-electron chi connectivity index (χ1n) is 14.0. The highest BCUT2D eigenvalue weighted by molar-refractivity contribution is 7.98. The highest BCUT2D eigenvalue weighted by atomic mass is 32.2. The van der Waals surface area contributed by atoms with Crippen LogP contribution in [0.4, 0.5) is 5.69 Å². The lowest BCUT2D eigenvalue weighted by Crippen LogP contribution is -2.53. The number of aryl methyl sites for hydroxylation is 2. The Morgan fingerprint density at radius 2 is 1.47 bits per heavy atom. The molecule has 1 unspecified atom stereocenters. The summed E-state index contributed by atoms with van der Waals surface area (Å²) in [6, 6.07) is 30.0. The summed E-state index contributed by atoms with van der Waals surface area (Å²) in [7, 11) is -2.60. The highest BCUT2D eigenvalue weighted by Crippen LogP contribution is 2.27. The van der Waals surface area contributed by atoms with Crippen molar-refractivity contribution in [3.05, 3.63) is 125 Å². The first-order chi connectivity index (χ1) is 20.6. The molecule has 0 heterocycles. The van der Waals surface area contributed by atoms with Crippen molar-refractivity contribution >= 4 is 39.3 Å². The van der Waals surface area contributed by atoms with Gasteiger partial charge in [-0.15, -0.1) is 11.8 Å². The van der Waals surface area contributed by atoms with Crippen molar-refractivity contribution in [2.45, 2.75) is 42.6 Å². The van der Waals surface area contributed by atoms with Crippen LogP contribution < -0.4 is 9.62 Å². The van der Waals surface area contributed by atoms with E-state index in [1.165, 1.54) is 23.7 Å². The largest absolute Gasteiger partial charge is 0.357 e. The van der Waals surface area contributed by atoms with Crippen molar-refractivity contribution < 1.29 is 18.0 Å². The fraction of sp³-hybridized carbons (Fsp3) is 0.235. The number of amides is 2. The van der Waals surface area contributed by atoms with E-state index in [0.717, 1.165) is 31.5 Å². The predicted molar refractivity (Wildman–Crippen MR) is 174 cm³/mol. The van der Waals surface area contributed by atoms with Gasteiger partial charge in [-0.05, 0) is 67.6 Å². The zero-order valence-corrected chi connectivity index (χ0v) is 26.5. The lowest BCUT2D eigenvalue weighted by molar-refractivity contribution is -0.139. The van der Waals surface area contributed by atoms with E-state index in [1.54, 1.807) is 36.4 Å². The average molecular weight is 616 g/mol. The minimum absolute atomic E-state index is 0.0797. The van der Waals surface area contributed by atoms with Crippen molar-refractivity contribution in [1.29, 1.82) is 0 Å². The second-order valence-electron chi connectivity index (χ2n) is 10.4. The number of hydrogen-bond donors (Lipinski definition) is 1. The van der Waals surface area contributed by atoms with Gasteiger partial charge in [-0.2, -0.15) is 0 Å². The van der Waals surface area contributed by atoms with Crippen LogP contribution in [0.5, 0.6) is 0 Å². The molecule has 224 valence electrons. The molecule has 1 N–H and O–H groups in total. The zero-order chi connectivity index (χ0) is 31.0. The fourth-order valence-electron chi connectivity index (χ4n) is 4.84. The molecule has 0 saturated heterocycles. The van der Waals surface area contributed by atoms with Crippen LogP contribution in [0.1, 0.15) is 22.3 Å². The topological polar surface area (TPSA) is 86.8 Å². The standard InChI is InChI=1S/C34H37N3O4S2/c1-25-13-15-29(16-14-25)37(43(40,41)31-19-17-30(42-4)18-20-31)24-33(38)36(23-28-12-8-9-26(2)21-28)32(34(39)35-3)22-27-10-6-5-7-11-27/h5-21,32H,22-24H2,1-4H3,(H,35,39). The summed E-state index contributed by atoms with van der Waals surface area (Å²) in [4.78, 5) is 30.2. The van der Waals surface area contributed by atoms with Gasteiger partial charge in [-0.1, -0.05) is 77.9 Å². The molecule has 0 saturated carbocycles. The Balaban J connectivity index is 1.78. The molecule has 1 atom stereocenters. The van der Waals surface area contributed by atoms with Crippen LogP contribution in [0, 0.1) is 13.8 Å². The third-order valence-electron chi connectivity index (χ3n) is 7.20. The Labute approximate surface area is 259 Å². The van der Waals surface area contributed by atoms with Gasteiger partial charge in [0.1, 0.15) is 12.6 Å². The van der Waals surface area contributed by atoms with Gasteiger partial charge in [0, 0.05) is 24.9 Å². The minimum atomic E-state index is -4.13. The van der Waals surface area contributed by atoms with E-state index in [9.17, 15) is 18.0 Å². The molecule has 7 nitrogen and oxygen atoms in total. The minimum Gasteiger partial charge on any atom is -0.357 e. The maximum atomic E-state index is 14.4. The van der Waals surface area contributed by atoms with Crippen LogP contribution in [-0.4, -0.2) is 51.0 Å². The van der Waals surface area contributed by atoms with Gasteiger partial charge in [0.05, 0.1) is 10.6 Å². The average Bonchev–Trinajstić information content (AvgIpc) is 3.02. The number of carbonyl (C=O) groups excluding carboxylic acids is 2. The zero-order valence-electron chi connectivity index (χ0n) is 24.9. The van der Waals surface area contributed by atoms with Crippen molar-refractivity contribution in [1.82, 2.24) is 10.2 Å². The summed E-state index contributed by atoms with van der Waals surface area (Å²) < 4.78 is 29.3. The number of thioether (sulfide) groups is 1. The summed E-state index contributed by atoms with van der Waals surface area (Å²) in [5, 5.41) is 2.71. The van der Waals surface area contributed by atoms with Crippen LogP contribution >= 0.6 is 11.8 Å². The van der Waals surface area contributed by atoms with Gasteiger partial charge >= 0.3 is 0 Å². The molecule has 0 bridgehead atoms. The molecule has 4 aromatic carbocycles. The van der Waals surface area contributed by atoms with Crippen LogP contribution in [0.15, 0.2) is 113 Å². The molecule has 0 aliphatic carbocycles. The van der Waals surface area contributed by atoms with Crippen LogP contribution in [0.2, 0.25) is 0 Å². The third kappa shape index (κ3) is 8.06. The number of likely N-dealkylation sites (N-methyl/N-ethyl adjacent to an activating group) is 1. The Kier molecular flexibility index (Phi) is 10.7. The monoisotopic (exact) mass is 615 g/mol. The van der Waals surface area contributed by atoms with E-state index in [4.69, 9.17) is 0 Å². The Bertz CT molecular complexity index is 1640. The van der Waals surface area contributed by atoms with Gasteiger partial charge in [-0.25, -0.2) is 8.42 Å². The van der Waals surface area contributed by atoms with Crippen LogP contribution in [-0.2, 0) is 32.6 Å². The number of hydrogen-bond acceptors (Lipinski definition) is 5. The number of benzene rings is 4. The third-order valence-corrected chi connectivity index (χ3v) is 9.73. The van der Waals surface area contributed by atoms with E-state index in [2.05, 4.69) is 5.32 Å². The Morgan fingerprint density at radius 3 is 2.07 bits per heavy atom. The van der Waals surface area contributed by atoms with Crippen molar-refractivity contribution in [2.75, 3.05) is 24.2 Å². The number of sulfonamides is 1. The van der Waals surface area contributed by atoms with Gasteiger partial charge in [0.2, 0.25) is 11.8 Å². The highest BCUT2D eigenvalue weighted by Gasteiger charge is 2.34. The Hall–Kier alpha value is -4.08. The molecule has 0 radical (unpaired) electrons. The quantitative estimate of drug-likeness (QED) is 0.210. The molecule has 0 aliphatic heterocycles. The number of rotatable bonds is 12. The molecular formula is C34H37N3O4S2. The second kappa shape index (κ2) is 14.4.